The lowest BCUT2D eigenvalue weighted by Gasteiger charge is -2.09. The summed E-state index contributed by atoms with van der Waals surface area (Å²) in [7, 11) is 0. The van der Waals surface area contributed by atoms with Crippen LogP contribution in [0.4, 0.5) is 0 Å². The Hall–Kier alpha value is -0.730. The van der Waals surface area contributed by atoms with Crippen LogP contribution in [0, 0.1) is 5.56 Å². The van der Waals surface area contributed by atoms with Gasteiger partial charge in [-0.2, -0.15) is 0 Å². The Morgan fingerprint density at radius 3 is 2.75 bits per heavy atom. The van der Waals surface area contributed by atoms with Gasteiger partial charge in [-0.3, -0.25) is 0 Å². The van der Waals surface area contributed by atoms with Gasteiger partial charge in [0.15, 0.2) is 0 Å². The van der Waals surface area contributed by atoms with E-state index in [1.807, 2.05) is 24.3 Å². The van der Waals surface area contributed by atoms with Crippen molar-refractivity contribution >= 4 is 11.6 Å². The van der Waals surface area contributed by atoms with E-state index in [-0.39, 0.29) is 0 Å². The normalized spacial score (nSPS) is 10.3. The standard InChI is InChI=1S/C9H11ClNO/c1-7(10)12-9-5-3-2-4-8(9)6-11/h2-5H,6,11H2,1H3. The first-order chi connectivity index (χ1) is 5.74. The van der Waals surface area contributed by atoms with Crippen molar-refractivity contribution in [3.63, 3.8) is 0 Å². The van der Waals surface area contributed by atoms with Crippen LogP contribution < -0.4 is 10.5 Å². The summed E-state index contributed by atoms with van der Waals surface area (Å²) in [4.78, 5) is 0. The van der Waals surface area contributed by atoms with Gasteiger partial charge in [-0.05, 0) is 13.0 Å². The van der Waals surface area contributed by atoms with Crippen LogP contribution in [0.5, 0.6) is 5.75 Å². The second-order valence-corrected chi connectivity index (χ2v) is 2.92. The number of para-hydroxylation sites is 1. The lowest BCUT2D eigenvalue weighted by molar-refractivity contribution is 0.386. The van der Waals surface area contributed by atoms with Gasteiger partial charge >= 0.3 is 0 Å². The van der Waals surface area contributed by atoms with E-state index in [1.165, 1.54) is 0 Å². The van der Waals surface area contributed by atoms with E-state index in [1.54, 1.807) is 6.92 Å². The summed E-state index contributed by atoms with van der Waals surface area (Å²) in [5, 5.41) is 0. The van der Waals surface area contributed by atoms with E-state index < -0.39 is 0 Å². The van der Waals surface area contributed by atoms with Gasteiger partial charge in [0.25, 0.3) is 0 Å². The predicted octanol–water partition coefficient (Wildman–Crippen LogP) is 2.27. The Balaban J connectivity index is 2.82. The number of nitrogens with two attached hydrogens (primary N) is 1. The fourth-order valence-corrected chi connectivity index (χ4v) is 1.01. The third-order valence-corrected chi connectivity index (χ3v) is 1.52. The molecule has 0 spiro atoms. The highest BCUT2D eigenvalue weighted by atomic mass is 35.5. The number of hydrogen-bond donors (Lipinski definition) is 1. The second kappa shape index (κ2) is 4.33. The molecule has 0 atom stereocenters. The van der Waals surface area contributed by atoms with Gasteiger partial charge in [-0.1, -0.05) is 29.8 Å². The van der Waals surface area contributed by atoms with Crippen molar-refractivity contribution < 1.29 is 4.74 Å². The van der Waals surface area contributed by atoms with Crippen LogP contribution in [0.3, 0.4) is 0 Å². The summed E-state index contributed by atoms with van der Waals surface area (Å²) >= 11 is 5.59. The summed E-state index contributed by atoms with van der Waals surface area (Å²) in [6.07, 6.45) is 0. The molecule has 0 saturated carbocycles. The first-order valence-electron chi connectivity index (χ1n) is 3.69. The summed E-state index contributed by atoms with van der Waals surface area (Å²) in [5.41, 5.74) is 6.85. The lowest BCUT2D eigenvalue weighted by atomic mass is 10.2. The zero-order valence-corrected chi connectivity index (χ0v) is 7.64. The molecule has 0 saturated heterocycles. The molecule has 1 aromatic carbocycles. The largest absolute Gasteiger partial charge is 0.466 e. The fourth-order valence-electron chi connectivity index (χ4n) is 0.924. The molecule has 0 bridgehead atoms. The molecule has 0 aromatic heterocycles. The summed E-state index contributed by atoms with van der Waals surface area (Å²) < 4.78 is 5.24. The molecule has 0 fully saturated rings. The Morgan fingerprint density at radius 1 is 1.50 bits per heavy atom. The van der Waals surface area contributed by atoms with Gasteiger partial charge in [0, 0.05) is 12.1 Å². The topological polar surface area (TPSA) is 35.2 Å². The quantitative estimate of drug-likeness (QED) is 0.782. The van der Waals surface area contributed by atoms with E-state index in [2.05, 4.69) is 0 Å². The molecule has 1 rings (SSSR count). The zero-order chi connectivity index (χ0) is 8.97. The van der Waals surface area contributed by atoms with Gasteiger partial charge in [-0.25, -0.2) is 0 Å². The molecule has 0 unspecified atom stereocenters. The van der Waals surface area contributed by atoms with Crippen molar-refractivity contribution in [2.24, 2.45) is 5.73 Å². The van der Waals surface area contributed by atoms with Gasteiger partial charge in [0.05, 0.1) is 0 Å². The lowest BCUT2D eigenvalue weighted by Crippen LogP contribution is -2.02. The maximum Gasteiger partial charge on any atom is 0.232 e. The molecular formula is C9H11ClNO. The number of benzene rings is 1. The van der Waals surface area contributed by atoms with Crippen molar-refractivity contribution in [3.8, 4) is 5.75 Å². The predicted molar refractivity (Wildman–Crippen MR) is 49.7 cm³/mol. The van der Waals surface area contributed by atoms with Crippen molar-refractivity contribution in [2.75, 3.05) is 0 Å². The molecule has 65 valence electrons. The van der Waals surface area contributed by atoms with E-state index in [0.717, 1.165) is 11.3 Å². The Labute approximate surface area is 77.3 Å². The Kier molecular flexibility index (Phi) is 3.38. The third kappa shape index (κ3) is 2.40. The van der Waals surface area contributed by atoms with Gasteiger partial charge in [0.2, 0.25) is 5.56 Å². The average molecular weight is 185 g/mol. The van der Waals surface area contributed by atoms with Crippen molar-refractivity contribution in [1.29, 1.82) is 0 Å². The van der Waals surface area contributed by atoms with Crippen LogP contribution in [-0.4, -0.2) is 0 Å². The van der Waals surface area contributed by atoms with Crippen LogP contribution in [0.25, 0.3) is 0 Å². The van der Waals surface area contributed by atoms with Crippen LogP contribution in [0.15, 0.2) is 24.3 Å². The number of halogens is 1. The monoisotopic (exact) mass is 184 g/mol. The van der Waals surface area contributed by atoms with Crippen molar-refractivity contribution in [1.82, 2.24) is 0 Å². The maximum absolute atomic E-state index is 5.59. The van der Waals surface area contributed by atoms with E-state index >= 15 is 0 Å². The minimum absolute atomic E-state index is 0.399. The third-order valence-electron chi connectivity index (χ3n) is 1.44. The number of rotatable bonds is 3. The van der Waals surface area contributed by atoms with Crippen molar-refractivity contribution in [2.45, 2.75) is 13.5 Å². The molecule has 0 heterocycles. The molecule has 1 radical (unpaired) electrons. The summed E-state index contributed by atoms with van der Waals surface area (Å²) in [6, 6.07) is 7.55. The molecule has 0 amide bonds. The molecule has 0 aliphatic rings. The average Bonchev–Trinajstić information content (AvgIpc) is 2.04. The Morgan fingerprint density at radius 2 is 2.17 bits per heavy atom. The fraction of sp³-hybridized carbons (Fsp3) is 0.222. The molecule has 0 aliphatic carbocycles. The summed E-state index contributed by atoms with van der Waals surface area (Å²) in [6.45, 7) is 2.15. The molecule has 1 aromatic rings. The van der Waals surface area contributed by atoms with E-state index in [9.17, 15) is 0 Å². The smallest absolute Gasteiger partial charge is 0.232 e. The highest BCUT2D eigenvalue weighted by Crippen LogP contribution is 2.21. The molecule has 2 nitrogen and oxygen atoms in total. The summed E-state index contributed by atoms with van der Waals surface area (Å²) in [5.74, 6) is 0.729. The number of hydrogen-bond acceptors (Lipinski definition) is 2. The highest BCUT2D eigenvalue weighted by Gasteiger charge is 2.04. The van der Waals surface area contributed by atoms with Crippen LogP contribution in [0.1, 0.15) is 12.5 Å². The minimum Gasteiger partial charge on any atom is -0.466 e. The molecule has 12 heavy (non-hydrogen) atoms. The molecule has 0 aliphatic heterocycles. The zero-order valence-electron chi connectivity index (χ0n) is 6.88. The van der Waals surface area contributed by atoms with Crippen molar-refractivity contribution in [3.05, 3.63) is 35.4 Å². The number of ether oxygens (including phenoxy) is 1. The molecular weight excluding hydrogens is 174 g/mol. The first-order valence-corrected chi connectivity index (χ1v) is 4.06. The SMILES string of the molecule is C[C](Cl)Oc1ccccc1CN. The van der Waals surface area contributed by atoms with Gasteiger partial charge < -0.3 is 10.5 Å². The second-order valence-electron chi connectivity index (χ2n) is 2.38. The minimum atomic E-state index is 0.399. The van der Waals surface area contributed by atoms with Crippen LogP contribution in [0.2, 0.25) is 0 Å². The van der Waals surface area contributed by atoms with E-state index in [4.69, 9.17) is 22.1 Å². The molecule has 2 N–H and O–H groups in total. The first kappa shape index (κ1) is 9.36. The van der Waals surface area contributed by atoms with Gasteiger partial charge in [-0.15, -0.1) is 0 Å². The van der Waals surface area contributed by atoms with Crippen LogP contribution >= 0.6 is 11.6 Å². The van der Waals surface area contributed by atoms with Crippen LogP contribution in [-0.2, 0) is 6.54 Å². The molecule has 3 heteroatoms. The highest BCUT2D eigenvalue weighted by molar-refractivity contribution is 6.25. The Bertz CT molecular complexity index is 250. The van der Waals surface area contributed by atoms with Gasteiger partial charge in [0.1, 0.15) is 5.75 Å². The van der Waals surface area contributed by atoms with E-state index in [0.29, 0.717) is 12.1 Å². The maximum atomic E-state index is 5.59.